The second-order valence-electron chi connectivity index (χ2n) is 5.79. The predicted molar refractivity (Wildman–Crippen MR) is 78.6 cm³/mol. The molecule has 0 aromatic rings. The van der Waals surface area contributed by atoms with Crippen molar-refractivity contribution in [1.82, 2.24) is 10.2 Å². The molecule has 5 aliphatic rings. The van der Waals surface area contributed by atoms with Crippen LogP contribution in [0, 0.1) is 17.8 Å². The van der Waals surface area contributed by atoms with E-state index in [1.807, 2.05) is 36.7 Å². The third-order valence-corrected chi connectivity index (χ3v) is 4.27. The van der Waals surface area contributed by atoms with E-state index in [9.17, 15) is 0 Å². The van der Waals surface area contributed by atoms with Crippen molar-refractivity contribution in [1.29, 1.82) is 0 Å². The summed E-state index contributed by atoms with van der Waals surface area (Å²) in [5.74, 6) is 3.31. The molecule has 1 saturated carbocycles. The van der Waals surface area contributed by atoms with Gasteiger partial charge in [-0.2, -0.15) is 0 Å². The van der Waals surface area contributed by atoms with Crippen LogP contribution in [-0.2, 0) is 0 Å². The molecule has 4 bridgehead atoms. The monoisotopic (exact) mass is 266 g/mol. The normalized spacial score (nSPS) is 38.2. The van der Waals surface area contributed by atoms with E-state index in [2.05, 4.69) is 10.2 Å². The molecule has 0 spiro atoms. The number of nitrogens with zero attached hydrogens (tertiary/aromatic N) is 1. The van der Waals surface area contributed by atoms with Gasteiger partial charge in [0.05, 0.1) is 0 Å². The fraction of sp³-hybridized carbons (Fsp3) is 0.600. The van der Waals surface area contributed by atoms with Gasteiger partial charge < -0.3 is 10.2 Å². The lowest BCUT2D eigenvalue weighted by molar-refractivity contribution is -0.0169. The van der Waals surface area contributed by atoms with E-state index < -0.39 is 0 Å². The molecule has 4 heterocycles. The molecule has 1 N–H and O–H groups in total. The first-order valence-corrected chi connectivity index (χ1v) is 6.87. The summed E-state index contributed by atoms with van der Waals surface area (Å²) in [5, 5.41) is 2.92. The van der Waals surface area contributed by atoms with Gasteiger partial charge in [-0.15, -0.1) is 12.4 Å². The Labute approximate surface area is 116 Å². The Bertz CT molecular complexity index is 276. The van der Waals surface area contributed by atoms with Gasteiger partial charge in [0.1, 0.15) is 0 Å². The molecule has 3 heteroatoms. The second-order valence-corrected chi connectivity index (χ2v) is 5.79. The number of hydrogen-bond acceptors (Lipinski definition) is 2. The summed E-state index contributed by atoms with van der Waals surface area (Å²) in [6.07, 6.45) is 16.3. The number of hydrogen-bond donors (Lipinski definition) is 1. The Morgan fingerprint density at radius 2 is 1.17 bits per heavy atom. The topological polar surface area (TPSA) is 15.3 Å². The van der Waals surface area contributed by atoms with Crippen LogP contribution in [0.4, 0.5) is 0 Å². The highest BCUT2D eigenvalue weighted by Crippen LogP contribution is 2.42. The van der Waals surface area contributed by atoms with Crippen molar-refractivity contribution in [2.24, 2.45) is 17.8 Å². The van der Waals surface area contributed by atoms with Crippen LogP contribution in [0.2, 0.25) is 0 Å². The standard InChI is InChI=1S/C9H15N.C6H7N.ClH/c1-7-2-9-3-8(1)5-10(4-7)6-9;1-2-4-6-7-5-3-1;/h7-9H,1-6H2;1-7H;1H. The zero-order valence-corrected chi connectivity index (χ0v) is 11.6. The largest absolute Gasteiger partial charge is 0.368 e. The number of rotatable bonds is 0. The summed E-state index contributed by atoms with van der Waals surface area (Å²) in [7, 11) is 0. The predicted octanol–water partition coefficient (Wildman–Crippen LogP) is 2.94. The average Bonchev–Trinajstić information content (AvgIpc) is 2.59. The molecule has 0 radical (unpaired) electrons. The van der Waals surface area contributed by atoms with E-state index in [1.165, 1.54) is 19.6 Å². The smallest absolute Gasteiger partial charge is 0.00101 e. The molecule has 3 saturated heterocycles. The molecule has 0 unspecified atom stereocenters. The molecule has 2 nitrogen and oxygen atoms in total. The number of piperidine rings is 3. The van der Waals surface area contributed by atoms with Gasteiger partial charge in [0.15, 0.2) is 0 Å². The molecular formula is C15H23ClN2. The van der Waals surface area contributed by atoms with Crippen molar-refractivity contribution >= 4 is 12.4 Å². The van der Waals surface area contributed by atoms with Gasteiger partial charge in [-0.1, -0.05) is 12.2 Å². The number of nitrogens with one attached hydrogen (secondary N) is 1. The summed E-state index contributed by atoms with van der Waals surface area (Å²) in [4.78, 5) is 2.69. The zero-order chi connectivity index (χ0) is 11.5. The molecule has 4 fully saturated rings. The van der Waals surface area contributed by atoms with Crippen molar-refractivity contribution in [3.05, 3.63) is 36.7 Å². The van der Waals surface area contributed by atoms with Gasteiger partial charge in [0, 0.05) is 32.0 Å². The highest BCUT2D eigenvalue weighted by Gasteiger charge is 2.40. The summed E-state index contributed by atoms with van der Waals surface area (Å²) in [5.41, 5.74) is 0. The molecule has 18 heavy (non-hydrogen) atoms. The zero-order valence-electron chi connectivity index (χ0n) is 10.8. The van der Waals surface area contributed by atoms with Crippen LogP contribution in [0.25, 0.3) is 0 Å². The summed E-state index contributed by atoms with van der Waals surface area (Å²) < 4.78 is 0. The molecule has 1 aliphatic carbocycles. The van der Waals surface area contributed by atoms with Crippen molar-refractivity contribution in [3.63, 3.8) is 0 Å². The first-order chi connectivity index (χ1) is 8.40. The van der Waals surface area contributed by atoms with Crippen LogP contribution < -0.4 is 5.32 Å². The highest BCUT2D eigenvalue weighted by molar-refractivity contribution is 5.85. The quantitative estimate of drug-likeness (QED) is 0.725. The van der Waals surface area contributed by atoms with Gasteiger partial charge in [-0.05, 0) is 49.2 Å². The lowest BCUT2D eigenvalue weighted by Gasteiger charge is -2.51. The Balaban J connectivity index is 0.000000135. The lowest BCUT2D eigenvalue weighted by atomic mass is 9.68. The molecule has 0 amide bonds. The van der Waals surface area contributed by atoms with Gasteiger partial charge in [0.2, 0.25) is 0 Å². The first-order valence-electron chi connectivity index (χ1n) is 6.87. The minimum absolute atomic E-state index is 0. The minimum atomic E-state index is 0. The summed E-state index contributed by atoms with van der Waals surface area (Å²) in [6, 6.07) is 0. The molecule has 100 valence electrons. The number of halogens is 1. The fourth-order valence-electron chi connectivity index (χ4n) is 3.88. The molecular weight excluding hydrogens is 244 g/mol. The van der Waals surface area contributed by atoms with Crippen molar-refractivity contribution < 1.29 is 0 Å². The van der Waals surface area contributed by atoms with Crippen molar-refractivity contribution in [3.8, 4) is 0 Å². The first kappa shape index (κ1) is 13.7. The highest BCUT2D eigenvalue weighted by atomic mass is 35.5. The Morgan fingerprint density at radius 1 is 0.722 bits per heavy atom. The van der Waals surface area contributed by atoms with Gasteiger partial charge in [-0.25, -0.2) is 0 Å². The van der Waals surface area contributed by atoms with Crippen LogP contribution in [0.1, 0.15) is 19.3 Å². The third kappa shape index (κ3) is 3.39. The van der Waals surface area contributed by atoms with Crippen LogP contribution in [0.5, 0.6) is 0 Å². The molecule has 0 atom stereocenters. The van der Waals surface area contributed by atoms with E-state index in [4.69, 9.17) is 0 Å². The van der Waals surface area contributed by atoms with Crippen molar-refractivity contribution in [2.45, 2.75) is 19.3 Å². The maximum Gasteiger partial charge on any atom is 0.00101 e. The lowest BCUT2D eigenvalue weighted by Crippen LogP contribution is -2.53. The minimum Gasteiger partial charge on any atom is -0.368 e. The molecule has 5 rings (SSSR count). The Morgan fingerprint density at radius 3 is 1.56 bits per heavy atom. The average molecular weight is 267 g/mol. The van der Waals surface area contributed by atoms with E-state index in [0.29, 0.717) is 0 Å². The van der Waals surface area contributed by atoms with Crippen LogP contribution in [0.15, 0.2) is 36.7 Å². The summed E-state index contributed by atoms with van der Waals surface area (Å²) in [6.45, 7) is 4.31. The van der Waals surface area contributed by atoms with E-state index in [-0.39, 0.29) is 12.4 Å². The summed E-state index contributed by atoms with van der Waals surface area (Å²) >= 11 is 0. The Kier molecular flexibility index (Phi) is 4.90. The fourth-order valence-corrected chi connectivity index (χ4v) is 3.88. The maximum atomic E-state index is 2.92. The van der Waals surface area contributed by atoms with E-state index >= 15 is 0 Å². The van der Waals surface area contributed by atoms with Gasteiger partial charge >= 0.3 is 0 Å². The molecule has 0 aromatic carbocycles. The van der Waals surface area contributed by atoms with E-state index in [0.717, 1.165) is 17.8 Å². The SMILES string of the molecule is C1=CC=CNC=C1.C1C2CC3CC1CN(C2)C3.Cl. The van der Waals surface area contributed by atoms with Crippen LogP contribution in [-0.4, -0.2) is 24.5 Å². The van der Waals surface area contributed by atoms with Crippen LogP contribution >= 0.6 is 12.4 Å². The van der Waals surface area contributed by atoms with Gasteiger partial charge in [0.25, 0.3) is 0 Å². The second kappa shape index (κ2) is 6.44. The number of allylic oxidation sites excluding steroid dienone is 4. The Hall–Kier alpha value is -0.730. The molecule has 0 aromatic heterocycles. The van der Waals surface area contributed by atoms with Crippen LogP contribution in [0.3, 0.4) is 0 Å². The third-order valence-electron chi connectivity index (χ3n) is 4.27. The maximum absolute atomic E-state index is 2.92. The molecule has 4 aliphatic heterocycles. The van der Waals surface area contributed by atoms with Gasteiger partial charge in [-0.3, -0.25) is 0 Å². The van der Waals surface area contributed by atoms with Crippen molar-refractivity contribution in [2.75, 3.05) is 19.6 Å². The van der Waals surface area contributed by atoms with E-state index in [1.54, 1.807) is 19.3 Å².